The van der Waals surface area contributed by atoms with Crippen molar-refractivity contribution in [2.24, 2.45) is 5.73 Å². The van der Waals surface area contributed by atoms with Gasteiger partial charge in [-0.25, -0.2) is 0 Å². The molecule has 1 unspecified atom stereocenters. The van der Waals surface area contributed by atoms with Gasteiger partial charge in [0.25, 0.3) is 0 Å². The fourth-order valence-electron chi connectivity index (χ4n) is 2.30. The van der Waals surface area contributed by atoms with Gasteiger partial charge in [-0.3, -0.25) is 14.4 Å². The SMILES string of the molecule is Nc1cc(C(=O)c2ccccc2)ccc1CC(N)C(=O)NCC(=O)O. The molecule has 0 saturated heterocycles. The first-order chi connectivity index (χ1) is 11.9. The van der Waals surface area contributed by atoms with Crippen LogP contribution in [0.1, 0.15) is 21.5 Å². The van der Waals surface area contributed by atoms with Crippen LogP contribution in [0.25, 0.3) is 0 Å². The Kier molecular flexibility index (Phi) is 5.86. The van der Waals surface area contributed by atoms with E-state index in [4.69, 9.17) is 16.6 Å². The first kappa shape index (κ1) is 18.2. The number of nitrogen functional groups attached to an aromatic ring is 1. The molecule has 130 valence electrons. The number of hydrogen-bond donors (Lipinski definition) is 4. The van der Waals surface area contributed by atoms with Gasteiger partial charge in [0.05, 0.1) is 6.04 Å². The summed E-state index contributed by atoms with van der Waals surface area (Å²) >= 11 is 0. The minimum atomic E-state index is -1.15. The molecule has 0 heterocycles. The minimum Gasteiger partial charge on any atom is -0.480 e. The molecule has 0 fully saturated rings. The lowest BCUT2D eigenvalue weighted by Gasteiger charge is -2.13. The van der Waals surface area contributed by atoms with E-state index in [-0.39, 0.29) is 12.2 Å². The summed E-state index contributed by atoms with van der Waals surface area (Å²) < 4.78 is 0. The Morgan fingerprint density at radius 3 is 2.32 bits per heavy atom. The van der Waals surface area contributed by atoms with Crippen LogP contribution in [-0.4, -0.2) is 35.4 Å². The Morgan fingerprint density at radius 1 is 1.04 bits per heavy atom. The van der Waals surface area contributed by atoms with Crippen molar-refractivity contribution < 1.29 is 19.5 Å². The second-order valence-electron chi connectivity index (χ2n) is 5.53. The van der Waals surface area contributed by atoms with Gasteiger partial charge in [0, 0.05) is 16.8 Å². The van der Waals surface area contributed by atoms with Crippen LogP contribution in [0.2, 0.25) is 0 Å². The fraction of sp³-hybridized carbons (Fsp3) is 0.167. The van der Waals surface area contributed by atoms with Crippen molar-refractivity contribution >= 4 is 23.3 Å². The predicted octanol–water partition coefficient (Wildman–Crippen LogP) is 0.570. The average Bonchev–Trinajstić information content (AvgIpc) is 2.61. The first-order valence-electron chi connectivity index (χ1n) is 7.61. The number of ketones is 1. The molecule has 1 atom stereocenters. The molecule has 1 amide bonds. The Bertz CT molecular complexity index is 790. The van der Waals surface area contributed by atoms with E-state index in [9.17, 15) is 14.4 Å². The summed E-state index contributed by atoms with van der Waals surface area (Å²) in [6.07, 6.45) is 0.136. The Labute approximate surface area is 144 Å². The molecule has 7 nitrogen and oxygen atoms in total. The standard InChI is InChI=1S/C18H19N3O4/c19-14-9-13(17(24)11-4-2-1-3-5-11)7-6-12(14)8-15(20)18(25)21-10-16(22)23/h1-7,9,15H,8,10,19-20H2,(H,21,25)(H,22,23). The predicted molar refractivity (Wildman–Crippen MR) is 93.1 cm³/mol. The molecule has 0 radical (unpaired) electrons. The minimum absolute atomic E-state index is 0.136. The zero-order valence-corrected chi connectivity index (χ0v) is 13.4. The van der Waals surface area contributed by atoms with Crippen LogP contribution >= 0.6 is 0 Å². The molecule has 0 aliphatic heterocycles. The van der Waals surface area contributed by atoms with Crippen LogP contribution in [0.4, 0.5) is 5.69 Å². The van der Waals surface area contributed by atoms with Gasteiger partial charge in [-0.05, 0) is 18.1 Å². The number of rotatable bonds is 7. The van der Waals surface area contributed by atoms with Crippen LogP contribution in [0, 0.1) is 0 Å². The average molecular weight is 341 g/mol. The molecule has 2 rings (SSSR count). The van der Waals surface area contributed by atoms with E-state index >= 15 is 0 Å². The Hall–Kier alpha value is -3.19. The summed E-state index contributed by atoms with van der Waals surface area (Å²) in [4.78, 5) is 34.6. The molecule has 2 aromatic rings. The van der Waals surface area contributed by atoms with Gasteiger partial charge in [0.15, 0.2) is 5.78 Å². The van der Waals surface area contributed by atoms with Gasteiger partial charge < -0.3 is 21.9 Å². The number of aliphatic carboxylic acids is 1. The Morgan fingerprint density at radius 2 is 1.72 bits per heavy atom. The van der Waals surface area contributed by atoms with Crippen LogP contribution in [0.15, 0.2) is 48.5 Å². The molecule has 0 spiro atoms. The smallest absolute Gasteiger partial charge is 0.322 e. The molecule has 0 aliphatic rings. The Balaban J connectivity index is 2.08. The number of benzene rings is 2. The highest BCUT2D eigenvalue weighted by Crippen LogP contribution is 2.18. The molecule has 7 heteroatoms. The zero-order chi connectivity index (χ0) is 18.4. The lowest BCUT2D eigenvalue weighted by Crippen LogP contribution is -2.43. The van der Waals surface area contributed by atoms with Crippen molar-refractivity contribution in [3.8, 4) is 0 Å². The van der Waals surface area contributed by atoms with Gasteiger partial charge in [-0.2, -0.15) is 0 Å². The molecule has 2 aromatic carbocycles. The number of nitrogens with one attached hydrogen (secondary N) is 1. The highest BCUT2D eigenvalue weighted by Gasteiger charge is 2.17. The van der Waals surface area contributed by atoms with Crippen molar-refractivity contribution in [2.75, 3.05) is 12.3 Å². The molecular formula is C18H19N3O4. The van der Waals surface area contributed by atoms with Crippen molar-refractivity contribution in [1.29, 1.82) is 0 Å². The molecule has 25 heavy (non-hydrogen) atoms. The van der Waals surface area contributed by atoms with Crippen molar-refractivity contribution in [1.82, 2.24) is 5.32 Å². The maximum atomic E-state index is 12.4. The maximum absolute atomic E-state index is 12.4. The third kappa shape index (κ3) is 4.89. The van der Waals surface area contributed by atoms with Crippen LogP contribution in [0.3, 0.4) is 0 Å². The van der Waals surface area contributed by atoms with Crippen LogP contribution in [-0.2, 0) is 16.0 Å². The lowest BCUT2D eigenvalue weighted by atomic mass is 9.98. The highest BCUT2D eigenvalue weighted by atomic mass is 16.4. The van der Waals surface area contributed by atoms with Crippen molar-refractivity contribution in [3.05, 3.63) is 65.2 Å². The number of amides is 1. The lowest BCUT2D eigenvalue weighted by molar-refractivity contribution is -0.138. The van der Waals surface area contributed by atoms with Gasteiger partial charge in [-0.15, -0.1) is 0 Å². The number of anilines is 1. The third-order valence-corrected chi connectivity index (χ3v) is 3.63. The molecule has 6 N–H and O–H groups in total. The highest BCUT2D eigenvalue weighted by molar-refractivity contribution is 6.09. The van der Waals surface area contributed by atoms with Gasteiger partial charge >= 0.3 is 5.97 Å². The number of hydrogen-bond acceptors (Lipinski definition) is 5. The molecule has 0 bridgehead atoms. The molecule has 0 saturated carbocycles. The number of carbonyl (C=O) groups is 3. The van der Waals surface area contributed by atoms with Crippen LogP contribution in [0.5, 0.6) is 0 Å². The maximum Gasteiger partial charge on any atom is 0.322 e. The van der Waals surface area contributed by atoms with Crippen LogP contribution < -0.4 is 16.8 Å². The van der Waals surface area contributed by atoms with E-state index in [0.717, 1.165) is 0 Å². The topological polar surface area (TPSA) is 136 Å². The van der Waals surface area contributed by atoms with E-state index in [1.54, 1.807) is 42.5 Å². The van der Waals surface area contributed by atoms with E-state index in [2.05, 4.69) is 5.32 Å². The summed E-state index contributed by atoms with van der Waals surface area (Å²) in [5.74, 6) is -1.88. The monoisotopic (exact) mass is 341 g/mol. The number of carbonyl (C=O) groups excluding carboxylic acids is 2. The van der Waals surface area contributed by atoms with E-state index in [0.29, 0.717) is 22.4 Å². The number of carboxylic acids is 1. The quantitative estimate of drug-likeness (QED) is 0.429. The van der Waals surface area contributed by atoms with Crippen molar-refractivity contribution in [2.45, 2.75) is 12.5 Å². The second-order valence-corrected chi connectivity index (χ2v) is 5.53. The third-order valence-electron chi connectivity index (χ3n) is 3.63. The summed E-state index contributed by atoms with van der Waals surface area (Å²) in [6.45, 7) is -0.494. The molecule has 0 aromatic heterocycles. The normalized spacial score (nSPS) is 11.6. The van der Waals surface area contributed by atoms with Crippen molar-refractivity contribution in [3.63, 3.8) is 0 Å². The zero-order valence-electron chi connectivity index (χ0n) is 13.4. The number of carboxylic acid groups (broad SMARTS) is 1. The summed E-state index contributed by atoms with van der Waals surface area (Å²) in [5, 5.41) is 10.8. The number of nitrogens with two attached hydrogens (primary N) is 2. The first-order valence-corrected chi connectivity index (χ1v) is 7.61. The van der Waals surface area contributed by atoms with Gasteiger partial charge in [0.2, 0.25) is 5.91 Å². The largest absolute Gasteiger partial charge is 0.480 e. The van der Waals surface area contributed by atoms with Gasteiger partial charge in [0.1, 0.15) is 6.54 Å². The summed E-state index contributed by atoms with van der Waals surface area (Å²) in [5.41, 5.74) is 13.7. The van der Waals surface area contributed by atoms with E-state index < -0.39 is 24.5 Å². The molecule has 0 aliphatic carbocycles. The summed E-state index contributed by atoms with van der Waals surface area (Å²) in [6, 6.07) is 12.7. The molecular weight excluding hydrogens is 322 g/mol. The van der Waals surface area contributed by atoms with Gasteiger partial charge in [-0.1, -0.05) is 42.5 Å². The summed E-state index contributed by atoms with van der Waals surface area (Å²) in [7, 11) is 0. The fourth-order valence-corrected chi connectivity index (χ4v) is 2.30. The van der Waals surface area contributed by atoms with E-state index in [1.807, 2.05) is 6.07 Å². The second kappa shape index (κ2) is 8.07. The van der Waals surface area contributed by atoms with E-state index in [1.165, 1.54) is 0 Å².